The summed E-state index contributed by atoms with van der Waals surface area (Å²) in [7, 11) is 3.00. The predicted octanol–water partition coefficient (Wildman–Crippen LogP) is 3.60. The molecule has 3 rings (SSSR count). The van der Waals surface area contributed by atoms with E-state index in [0.29, 0.717) is 39.7 Å². The molecule has 0 aliphatic carbocycles. The Labute approximate surface area is 161 Å². The topological polar surface area (TPSA) is 96.8 Å². The molecule has 28 heavy (non-hydrogen) atoms. The van der Waals surface area contributed by atoms with Crippen LogP contribution in [-0.4, -0.2) is 26.3 Å². The first kappa shape index (κ1) is 18.7. The summed E-state index contributed by atoms with van der Waals surface area (Å²) in [6.07, 6.45) is 1.38. The van der Waals surface area contributed by atoms with Gasteiger partial charge in [0.1, 0.15) is 23.0 Å². The standard InChI is InChI=1S/C21H17N3O4/c1-26-15-7-9-18(20(11-15)27-2)21(25)24-23-13-16-8-10-19(28-16)17-6-4-3-5-14(17)12-22/h3-11,13H,1-2H3,(H,24,25)/b23-13-. The third kappa shape index (κ3) is 4.02. The average molecular weight is 375 g/mol. The number of ether oxygens (including phenoxy) is 2. The second-order valence-corrected chi connectivity index (χ2v) is 5.62. The van der Waals surface area contributed by atoms with Crippen LogP contribution < -0.4 is 14.9 Å². The zero-order valence-corrected chi connectivity index (χ0v) is 15.3. The molecule has 140 valence electrons. The monoisotopic (exact) mass is 375 g/mol. The number of hydrazone groups is 1. The molecule has 1 aromatic heterocycles. The number of furan rings is 1. The lowest BCUT2D eigenvalue weighted by Crippen LogP contribution is -2.18. The van der Waals surface area contributed by atoms with Gasteiger partial charge in [-0.25, -0.2) is 5.43 Å². The van der Waals surface area contributed by atoms with Crippen molar-refractivity contribution in [1.82, 2.24) is 5.43 Å². The third-order valence-electron chi connectivity index (χ3n) is 3.95. The zero-order chi connectivity index (χ0) is 19.9. The average Bonchev–Trinajstić information content (AvgIpc) is 3.21. The summed E-state index contributed by atoms with van der Waals surface area (Å²) in [6, 6.07) is 17.6. The Morgan fingerprint density at radius 3 is 2.71 bits per heavy atom. The van der Waals surface area contributed by atoms with Gasteiger partial charge < -0.3 is 13.9 Å². The number of carbonyl (C=O) groups excluding carboxylic acids is 1. The minimum absolute atomic E-state index is 0.323. The van der Waals surface area contributed by atoms with E-state index in [2.05, 4.69) is 16.6 Å². The van der Waals surface area contributed by atoms with Crippen molar-refractivity contribution in [3.63, 3.8) is 0 Å². The Hall–Kier alpha value is -4.05. The van der Waals surface area contributed by atoms with Crippen LogP contribution in [0.1, 0.15) is 21.7 Å². The lowest BCUT2D eigenvalue weighted by molar-refractivity contribution is 0.0952. The van der Waals surface area contributed by atoms with Crippen molar-refractivity contribution in [1.29, 1.82) is 5.26 Å². The van der Waals surface area contributed by atoms with Crippen LogP contribution in [0.5, 0.6) is 11.5 Å². The first-order chi connectivity index (χ1) is 13.7. The smallest absolute Gasteiger partial charge is 0.275 e. The van der Waals surface area contributed by atoms with Crippen molar-refractivity contribution in [3.05, 3.63) is 71.5 Å². The molecule has 0 fully saturated rings. The summed E-state index contributed by atoms with van der Waals surface area (Å²) >= 11 is 0. The molecule has 7 heteroatoms. The number of nitriles is 1. The van der Waals surface area contributed by atoms with E-state index >= 15 is 0 Å². The molecule has 0 bridgehead atoms. The number of carbonyl (C=O) groups is 1. The summed E-state index contributed by atoms with van der Waals surface area (Å²) < 4.78 is 16.0. The van der Waals surface area contributed by atoms with Gasteiger partial charge in [-0.1, -0.05) is 12.1 Å². The van der Waals surface area contributed by atoms with Crippen molar-refractivity contribution >= 4 is 12.1 Å². The van der Waals surface area contributed by atoms with Crippen molar-refractivity contribution in [3.8, 4) is 28.9 Å². The Kier molecular flexibility index (Phi) is 5.72. The van der Waals surface area contributed by atoms with E-state index in [-0.39, 0.29) is 0 Å². The summed E-state index contributed by atoms with van der Waals surface area (Å²) in [5, 5.41) is 13.1. The van der Waals surface area contributed by atoms with Crippen LogP contribution in [0, 0.1) is 11.3 Å². The fraction of sp³-hybridized carbons (Fsp3) is 0.0952. The molecule has 0 radical (unpaired) electrons. The highest BCUT2D eigenvalue weighted by Gasteiger charge is 2.13. The van der Waals surface area contributed by atoms with E-state index in [1.165, 1.54) is 20.4 Å². The maximum absolute atomic E-state index is 12.3. The molecule has 0 atom stereocenters. The van der Waals surface area contributed by atoms with Crippen LogP contribution in [0.15, 0.2) is 64.1 Å². The number of amides is 1. The lowest BCUT2D eigenvalue weighted by atomic mass is 10.1. The highest BCUT2D eigenvalue weighted by molar-refractivity contribution is 5.97. The van der Waals surface area contributed by atoms with Gasteiger partial charge in [0.2, 0.25) is 0 Å². The Morgan fingerprint density at radius 2 is 1.96 bits per heavy atom. The quantitative estimate of drug-likeness (QED) is 0.524. The molecule has 0 aliphatic heterocycles. The summed E-state index contributed by atoms with van der Waals surface area (Å²) in [5.41, 5.74) is 3.96. The number of benzene rings is 2. The van der Waals surface area contributed by atoms with Gasteiger partial charge in [0.25, 0.3) is 5.91 Å². The van der Waals surface area contributed by atoms with Gasteiger partial charge in [0, 0.05) is 11.6 Å². The largest absolute Gasteiger partial charge is 0.497 e. The van der Waals surface area contributed by atoms with Gasteiger partial charge in [0.05, 0.1) is 37.6 Å². The fourth-order valence-corrected chi connectivity index (χ4v) is 2.56. The van der Waals surface area contributed by atoms with Crippen LogP contribution in [0.2, 0.25) is 0 Å². The third-order valence-corrected chi connectivity index (χ3v) is 3.95. The van der Waals surface area contributed by atoms with Crippen LogP contribution in [-0.2, 0) is 0 Å². The molecule has 1 heterocycles. The van der Waals surface area contributed by atoms with E-state index in [9.17, 15) is 10.1 Å². The number of hydrogen-bond acceptors (Lipinski definition) is 6. The van der Waals surface area contributed by atoms with E-state index in [4.69, 9.17) is 13.9 Å². The molecule has 1 N–H and O–H groups in total. The van der Waals surface area contributed by atoms with Crippen molar-refractivity contribution in [2.75, 3.05) is 14.2 Å². The lowest BCUT2D eigenvalue weighted by Gasteiger charge is -2.08. The number of hydrogen-bond donors (Lipinski definition) is 1. The minimum atomic E-state index is -0.433. The van der Waals surface area contributed by atoms with Crippen molar-refractivity contribution < 1.29 is 18.7 Å². The Balaban J connectivity index is 1.71. The van der Waals surface area contributed by atoms with Gasteiger partial charge in [-0.3, -0.25) is 4.79 Å². The first-order valence-corrected chi connectivity index (χ1v) is 8.31. The molecule has 0 saturated carbocycles. The minimum Gasteiger partial charge on any atom is -0.497 e. The molecule has 3 aromatic rings. The summed E-state index contributed by atoms with van der Waals surface area (Å²) in [6.45, 7) is 0. The van der Waals surface area contributed by atoms with E-state index in [0.717, 1.165) is 0 Å². The molecular formula is C21H17N3O4. The molecule has 2 aromatic carbocycles. The maximum atomic E-state index is 12.3. The van der Waals surface area contributed by atoms with E-state index in [1.54, 1.807) is 48.5 Å². The van der Waals surface area contributed by atoms with Crippen molar-refractivity contribution in [2.24, 2.45) is 5.10 Å². The SMILES string of the molecule is COc1ccc(C(=O)N/N=C\c2ccc(-c3ccccc3C#N)o2)c(OC)c1. The summed E-state index contributed by atoms with van der Waals surface area (Å²) in [5.74, 6) is 1.50. The molecule has 0 aliphatic rings. The van der Waals surface area contributed by atoms with Gasteiger partial charge in [-0.15, -0.1) is 0 Å². The normalized spacial score (nSPS) is 10.5. The van der Waals surface area contributed by atoms with Crippen LogP contribution in [0.4, 0.5) is 0 Å². The fourth-order valence-electron chi connectivity index (χ4n) is 2.56. The number of nitrogens with one attached hydrogen (secondary N) is 1. The highest BCUT2D eigenvalue weighted by atomic mass is 16.5. The van der Waals surface area contributed by atoms with Crippen LogP contribution in [0.3, 0.4) is 0 Å². The highest BCUT2D eigenvalue weighted by Crippen LogP contribution is 2.25. The maximum Gasteiger partial charge on any atom is 0.275 e. The second kappa shape index (κ2) is 8.56. The number of methoxy groups -OCH3 is 2. The summed E-state index contributed by atoms with van der Waals surface area (Å²) in [4.78, 5) is 12.3. The van der Waals surface area contributed by atoms with Gasteiger partial charge in [-0.2, -0.15) is 10.4 Å². The molecule has 7 nitrogen and oxygen atoms in total. The van der Waals surface area contributed by atoms with E-state index < -0.39 is 5.91 Å². The van der Waals surface area contributed by atoms with Gasteiger partial charge >= 0.3 is 0 Å². The molecule has 0 unspecified atom stereocenters. The molecular weight excluding hydrogens is 358 g/mol. The van der Waals surface area contributed by atoms with Gasteiger partial charge in [0.15, 0.2) is 0 Å². The Morgan fingerprint density at radius 1 is 1.14 bits per heavy atom. The first-order valence-electron chi connectivity index (χ1n) is 8.31. The molecule has 0 spiro atoms. The predicted molar refractivity (Wildman–Crippen MR) is 103 cm³/mol. The van der Waals surface area contributed by atoms with Crippen molar-refractivity contribution in [2.45, 2.75) is 0 Å². The Bertz CT molecular complexity index is 1060. The van der Waals surface area contributed by atoms with Crippen LogP contribution in [0.25, 0.3) is 11.3 Å². The van der Waals surface area contributed by atoms with E-state index in [1.807, 2.05) is 6.07 Å². The van der Waals surface area contributed by atoms with Gasteiger partial charge in [-0.05, 0) is 36.4 Å². The second-order valence-electron chi connectivity index (χ2n) is 5.62. The zero-order valence-electron chi connectivity index (χ0n) is 15.3. The number of rotatable bonds is 6. The molecule has 1 amide bonds. The van der Waals surface area contributed by atoms with Crippen LogP contribution >= 0.6 is 0 Å². The molecule has 0 saturated heterocycles. The number of nitrogens with zero attached hydrogens (tertiary/aromatic N) is 2.